The summed E-state index contributed by atoms with van der Waals surface area (Å²) in [5, 5.41) is 3.35. The van der Waals surface area contributed by atoms with Gasteiger partial charge in [0.25, 0.3) is 0 Å². The normalized spacial score (nSPS) is 24.6. The molecule has 3 aliphatic rings. The maximum absolute atomic E-state index is 14.6. The fourth-order valence-corrected chi connectivity index (χ4v) is 4.67. The molecular weight excluding hydrogens is 393 g/mol. The standard InChI is InChI=1S/C21H32FN3O3S/c1-19(2,3)28-18(26)25-13-14(22)11-15-16(25)12-21(7-9-23-10-8-21)17(15)24-29(27)20(4,5)6/h11,23H,7-10,12-13H2,1-6H3. The minimum absolute atomic E-state index is 0.141. The van der Waals surface area contributed by atoms with E-state index < -0.39 is 33.6 Å². The van der Waals surface area contributed by atoms with Crippen molar-refractivity contribution in [3.63, 3.8) is 0 Å². The van der Waals surface area contributed by atoms with E-state index in [1.807, 2.05) is 20.8 Å². The van der Waals surface area contributed by atoms with Gasteiger partial charge in [0.15, 0.2) is 0 Å². The Labute approximate surface area is 176 Å². The Kier molecular flexibility index (Phi) is 5.93. The highest BCUT2D eigenvalue weighted by Crippen LogP contribution is 2.49. The van der Waals surface area contributed by atoms with Gasteiger partial charge in [0.2, 0.25) is 0 Å². The number of piperidine rings is 1. The van der Waals surface area contributed by atoms with Gasteiger partial charge in [-0.1, -0.05) is 4.40 Å². The third kappa shape index (κ3) is 4.70. The van der Waals surface area contributed by atoms with E-state index in [4.69, 9.17) is 4.74 Å². The molecule has 0 radical (unpaired) electrons. The summed E-state index contributed by atoms with van der Waals surface area (Å²) in [6.45, 7) is 12.5. The molecule has 1 fully saturated rings. The Morgan fingerprint density at radius 1 is 1.28 bits per heavy atom. The Hall–Kier alpha value is -1.38. The molecule has 3 rings (SSSR count). The predicted octanol–water partition coefficient (Wildman–Crippen LogP) is 4.02. The van der Waals surface area contributed by atoms with Crippen molar-refractivity contribution in [3.8, 4) is 0 Å². The largest absolute Gasteiger partial charge is 0.591 e. The zero-order valence-corrected chi connectivity index (χ0v) is 19.0. The summed E-state index contributed by atoms with van der Waals surface area (Å²) in [6, 6.07) is 0. The number of nitrogens with one attached hydrogen (secondary N) is 1. The molecule has 1 spiro atoms. The van der Waals surface area contributed by atoms with E-state index in [1.54, 1.807) is 20.8 Å². The van der Waals surface area contributed by atoms with Crippen molar-refractivity contribution in [2.75, 3.05) is 19.6 Å². The lowest BCUT2D eigenvalue weighted by Crippen LogP contribution is -2.41. The van der Waals surface area contributed by atoms with Crippen molar-refractivity contribution in [2.45, 2.75) is 71.2 Å². The Morgan fingerprint density at radius 3 is 2.45 bits per heavy atom. The maximum Gasteiger partial charge on any atom is 0.414 e. The molecule has 6 nitrogen and oxygen atoms in total. The number of rotatable bonds is 1. The lowest BCUT2D eigenvalue weighted by atomic mass is 9.74. The first-order valence-electron chi connectivity index (χ1n) is 10.1. The second-order valence-electron chi connectivity index (χ2n) is 10.0. The van der Waals surface area contributed by atoms with Crippen molar-refractivity contribution in [2.24, 2.45) is 9.81 Å². The summed E-state index contributed by atoms with van der Waals surface area (Å²) >= 11 is -1.47. The number of amides is 1. The third-order valence-corrected chi connectivity index (χ3v) is 6.78. The second kappa shape index (κ2) is 7.71. The highest BCUT2D eigenvalue weighted by Gasteiger charge is 2.50. The van der Waals surface area contributed by atoms with E-state index in [0.29, 0.717) is 17.7 Å². The van der Waals surface area contributed by atoms with Crippen LogP contribution in [-0.4, -0.2) is 51.2 Å². The van der Waals surface area contributed by atoms with Gasteiger partial charge in [0.1, 0.15) is 33.2 Å². The van der Waals surface area contributed by atoms with Crippen LogP contribution in [-0.2, 0) is 16.1 Å². The molecule has 0 aromatic rings. The molecule has 2 aliphatic heterocycles. The van der Waals surface area contributed by atoms with Crippen molar-refractivity contribution in [3.05, 3.63) is 23.2 Å². The topological polar surface area (TPSA) is 77.0 Å². The number of carbonyl (C=O) groups is 1. The highest BCUT2D eigenvalue weighted by molar-refractivity contribution is 7.91. The smallest absolute Gasteiger partial charge is 0.414 e. The molecule has 1 aliphatic carbocycles. The first-order valence-corrected chi connectivity index (χ1v) is 11.3. The molecule has 1 saturated heterocycles. The van der Waals surface area contributed by atoms with Crippen molar-refractivity contribution >= 4 is 23.2 Å². The van der Waals surface area contributed by atoms with E-state index in [2.05, 4.69) is 9.71 Å². The monoisotopic (exact) mass is 425 g/mol. The molecular formula is C21H32FN3O3S. The molecule has 0 aromatic heterocycles. The molecule has 0 aromatic carbocycles. The Morgan fingerprint density at radius 2 is 1.90 bits per heavy atom. The van der Waals surface area contributed by atoms with Crippen molar-refractivity contribution in [1.82, 2.24) is 10.2 Å². The van der Waals surface area contributed by atoms with Gasteiger partial charge in [-0.15, -0.1) is 0 Å². The second-order valence-corrected chi connectivity index (χ2v) is 11.9. The number of allylic oxidation sites excluding steroid dienone is 3. The van der Waals surface area contributed by atoms with Crippen LogP contribution in [0.15, 0.2) is 27.6 Å². The van der Waals surface area contributed by atoms with Crippen LogP contribution in [0.1, 0.15) is 60.8 Å². The van der Waals surface area contributed by atoms with E-state index in [1.165, 1.54) is 11.0 Å². The third-order valence-electron chi connectivity index (χ3n) is 5.38. The van der Waals surface area contributed by atoms with Crippen LogP contribution >= 0.6 is 0 Å². The average molecular weight is 426 g/mol. The summed E-state index contributed by atoms with van der Waals surface area (Å²) in [5.74, 6) is -0.421. The number of hydrogen-bond donors (Lipinski definition) is 1. The van der Waals surface area contributed by atoms with Crippen LogP contribution in [0.3, 0.4) is 0 Å². The lowest BCUT2D eigenvalue weighted by molar-refractivity contribution is 0.0305. The fourth-order valence-electron chi connectivity index (χ4n) is 3.94. The van der Waals surface area contributed by atoms with Gasteiger partial charge < -0.3 is 14.6 Å². The number of ether oxygens (including phenoxy) is 1. The van der Waals surface area contributed by atoms with Crippen LogP contribution in [0.2, 0.25) is 0 Å². The first kappa shape index (κ1) is 22.3. The van der Waals surface area contributed by atoms with E-state index in [0.717, 1.165) is 31.6 Å². The molecule has 2 heterocycles. The van der Waals surface area contributed by atoms with E-state index in [9.17, 15) is 13.7 Å². The van der Waals surface area contributed by atoms with E-state index >= 15 is 0 Å². The summed E-state index contributed by atoms with van der Waals surface area (Å²) in [4.78, 5) is 14.2. The quantitative estimate of drug-likeness (QED) is 0.644. The summed E-state index contributed by atoms with van der Waals surface area (Å²) in [6.07, 6.45) is 3.09. The van der Waals surface area contributed by atoms with Crippen molar-refractivity contribution in [1.29, 1.82) is 0 Å². The molecule has 0 bridgehead atoms. The van der Waals surface area contributed by atoms with Crippen LogP contribution in [0, 0.1) is 5.41 Å². The SMILES string of the molecule is CC(C)(C)OC(=O)N1CC(F)=CC2=C1CC1(CCNCC1)C2=N[S+]([O-])C(C)(C)C. The highest BCUT2D eigenvalue weighted by atomic mass is 32.2. The average Bonchev–Trinajstić information content (AvgIpc) is 2.85. The maximum atomic E-state index is 14.6. The molecule has 162 valence electrons. The van der Waals surface area contributed by atoms with Gasteiger partial charge >= 0.3 is 6.09 Å². The number of halogens is 1. The zero-order chi connectivity index (χ0) is 21.6. The molecule has 1 amide bonds. The van der Waals surface area contributed by atoms with Gasteiger partial charge in [-0.2, -0.15) is 0 Å². The van der Waals surface area contributed by atoms with Gasteiger partial charge in [0, 0.05) is 23.1 Å². The minimum Gasteiger partial charge on any atom is -0.591 e. The van der Waals surface area contributed by atoms with Crippen LogP contribution in [0.5, 0.6) is 0 Å². The Balaban J connectivity index is 2.06. The van der Waals surface area contributed by atoms with Crippen LogP contribution in [0.25, 0.3) is 0 Å². The summed E-state index contributed by atoms with van der Waals surface area (Å²) < 4.78 is 37.1. The van der Waals surface area contributed by atoms with Gasteiger partial charge in [-0.3, -0.25) is 4.90 Å². The minimum atomic E-state index is -1.47. The van der Waals surface area contributed by atoms with E-state index in [-0.39, 0.29) is 12.0 Å². The molecule has 1 atom stereocenters. The number of nitrogens with zero attached hydrogens (tertiary/aromatic N) is 2. The predicted molar refractivity (Wildman–Crippen MR) is 114 cm³/mol. The van der Waals surface area contributed by atoms with Crippen LogP contribution in [0.4, 0.5) is 9.18 Å². The molecule has 1 N–H and O–H groups in total. The molecule has 1 unspecified atom stereocenters. The van der Waals surface area contributed by atoms with Crippen LogP contribution < -0.4 is 5.32 Å². The Bertz CT molecular complexity index is 771. The number of hydrogen-bond acceptors (Lipinski definition) is 5. The number of carbonyl (C=O) groups excluding carboxylic acids is 1. The first-order chi connectivity index (χ1) is 13.3. The summed E-state index contributed by atoms with van der Waals surface area (Å²) in [5.41, 5.74) is 0.987. The van der Waals surface area contributed by atoms with Gasteiger partial charge in [0.05, 0.1) is 6.54 Å². The fraction of sp³-hybridized carbons (Fsp3) is 0.714. The zero-order valence-electron chi connectivity index (χ0n) is 18.2. The van der Waals surface area contributed by atoms with Gasteiger partial charge in [-0.05, 0) is 73.5 Å². The molecule has 8 heteroatoms. The lowest BCUT2D eigenvalue weighted by Gasteiger charge is -2.35. The van der Waals surface area contributed by atoms with Gasteiger partial charge in [-0.25, -0.2) is 9.18 Å². The van der Waals surface area contributed by atoms with Crippen molar-refractivity contribution < 1.29 is 18.5 Å². The molecule has 0 saturated carbocycles. The molecule has 29 heavy (non-hydrogen) atoms. The summed E-state index contributed by atoms with van der Waals surface area (Å²) in [7, 11) is 0.